The molecule has 1 heterocycles. The molecule has 0 saturated carbocycles. The maximum absolute atomic E-state index is 12.0. The van der Waals surface area contributed by atoms with E-state index in [0.717, 1.165) is 12.3 Å². The lowest BCUT2D eigenvalue weighted by molar-refractivity contribution is -0.0408. The van der Waals surface area contributed by atoms with Gasteiger partial charge < -0.3 is 0 Å². The fourth-order valence-electron chi connectivity index (χ4n) is 0.636. The molecular formula is C6H5F3N2OS. The van der Waals surface area contributed by atoms with Crippen LogP contribution in [0.2, 0.25) is 0 Å². The summed E-state index contributed by atoms with van der Waals surface area (Å²) < 4.78 is 53.6. The van der Waals surface area contributed by atoms with E-state index in [9.17, 15) is 17.4 Å². The van der Waals surface area contributed by atoms with Gasteiger partial charge in [-0.15, -0.1) is 0 Å². The molecule has 0 aliphatic heterocycles. The van der Waals surface area contributed by atoms with Crippen molar-refractivity contribution in [2.24, 2.45) is 0 Å². The van der Waals surface area contributed by atoms with E-state index in [0.29, 0.717) is 0 Å². The van der Waals surface area contributed by atoms with Crippen LogP contribution in [0.1, 0.15) is 0 Å². The quantitative estimate of drug-likeness (QED) is 0.770. The van der Waals surface area contributed by atoms with E-state index in [2.05, 4.69) is 4.98 Å². The van der Waals surface area contributed by atoms with Gasteiger partial charge in [-0.1, -0.05) is 6.07 Å². The third kappa shape index (κ3) is 1.80. The van der Waals surface area contributed by atoms with Crippen molar-refractivity contribution in [1.82, 2.24) is 4.98 Å². The second-order valence-corrected chi connectivity index (χ2v) is 4.16. The number of aromatic nitrogens is 1. The Kier molecular flexibility index (Phi) is 2.29. The molecule has 0 fully saturated rings. The predicted octanol–water partition coefficient (Wildman–Crippen LogP) is 2.01. The SMILES string of the molecule is N=S(=O)(c1ccccn1)C(F)(F)F. The van der Waals surface area contributed by atoms with Crippen molar-refractivity contribution >= 4 is 9.73 Å². The van der Waals surface area contributed by atoms with Crippen molar-refractivity contribution in [2.75, 3.05) is 0 Å². The van der Waals surface area contributed by atoms with Crippen LogP contribution in [0.3, 0.4) is 0 Å². The molecule has 0 aliphatic carbocycles. The molecule has 1 N–H and O–H groups in total. The third-order valence-electron chi connectivity index (χ3n) is 1.26. The van der Waals surface area contributed by atoms with Crippen LogP contribution in [-0.2, 0) is 9.73 Å². The minimum absolute atomic E-state index is 0.762. The molecule has 0 amide bonds. The van der Waals surface area contributed by atoms with E-state index < -0.39 is 20.3 Å². The number of pyridine rings is 1. The van der Waals surface area contributed by atoms with Gasteiger partial charge >= 0.3 is 5.51 Å². The molecule has 13 heavy (non-hydrogen) atoms. The van der Waals surface area contributed by atoms with Gasteiger partial charge in [-0.2, -0.15) is 13.2 Å². The van der Waals surface area contributed by atoms with Gasteiger partial charge in [0.05, 0.1) is 0 Å². The first-order valence-electron chi connectivity index (χ1n) is 3.12. The molecule has 0 radical (unpaired) electrons. The Bertz CT molecular complexity index is 384. The first-order chi connectivity index (χ1) is 5.86. The number of rotatable bonds is 1. The van der Waals surface area contributed by atoms with Gasteiger partial charge in [0.1, 0.15) is 5.03 Å². The van der Waals surface area contributed by atoms with Crippen molar-refractivity contribution in [3.05, 3.63) is 24.4 Å². The summed E-state index contributed by atoms with van der Waals surface area (Å²) in [7, 11) is -4.79. The molecule has 0 aliphatic rings. The zero-order chi connectivity index (χ0) is 10.1. The Morgan fingerprint density at radius 3 is 2.38 bits per heavy atom. The average Bonchev–Trinajstić information content (AvgIpc) is 2.04. The Balaban J connectivity index is 3.26. The summed E-state index contributed by atoms with van der Waals surface area (Å²) in [5, 5.41) is -0.762. The second-order valence-electron chi connectivity index (χ2n) is 2.17. The van der Waals surface area contributed by atoms with E-state index >= 15 is 0 Å². The number of hydrogen-bond donors (Lipinski definition) is 1. The Labute approximate surface area is 72.6 Å². The highest BCUT2D eigenvalue weighted by Gasteiger charge is 2.43. The van der Waals surface area contributed by atoms with Crippen molar-refractivity contribution in [3.63, 3.8) is 0 Å². The van der Waals surface area contributed by atoms with Crippen LogP contribution in [0.15, 0.2) is 29.4 Å². The number of halogens is 3. The van der Waals surface area contributed by atoms with Gasteiger partial charge in [-0.3, -0.25) is 0 Å². The van der Waals surface area contributed by atoms with Crippen molar-refractivity contribution in [2.45, 2.75) is 10.5 Å². The van der Waals surface area contributed by atoms with Crippen LogP contribution in [0, 0.1) is 4.78 Å². The van der Waals surface area contributed by atoms with Gasteiger partial charge in [-0.05, 0) is 12.1 Å². The van der Waals surface area contributed by atoms with Crippen molar-refractivity contribution < 1.29 is 17.4 Å². The standard InChI is InChI=1S/C6H5F3N2OS/c7-6(8,9)13(10,12)5-3-1-2-4-11-5/h1-4,10H. The molecule has 1 rings (SSSR count). The monoisotopic (exact) mass is 210 g/mol. The Morgan fingerprint density at radius 1 is 1.38 bits per heavy atom. The van der Waals surface area contributed by atoms with E-state index in [4.69, 9.17) is 4.78 Å². The van der Waals surface area contributed by atoms with Crippen LogP contribution in [0.25, 0.3) is 0 Å². The van der Waals surface area contributed by atoms with Gasteiger partial charge in [0.2, 0.25) is 0 Å². The summed E-state index contributed by atoms with van der Waals surface area (Å²) in [6.07, 6.45) is 1.06. The van der Waals surface area contributed by atoms with Gasteiger partial charge in [0, 0.05) is 6.20 Å². The van der Waals surface area contributed by atoms with Gasteiger partial charge in [0.15, 0.2) is 9.73 Å². The lowest BCUT2D eigenvalue weighted by atomic mass is 10.5. The van der Waals surface area contributed by atoms with Crippen LogP contribution in [0.4, 0.5) is 13.2 Å². The fraction of sp³-hybridized carbons (Fsp3) is 0.167. The highest BCUT2D eigenvalue weighted by Crippen LogP contribution is 2.29. The molecule has 1 aromatic rings. The third-order valence-corrected chi connectivity index (χ3v) is 2.74. The maximum atomic E-state index is 12.0. The normalized spacial score (nSPS) is 16.5. The minimum atomic E-state index is -5.07. The number of hydrogen-bond acceptors (Lipinski definition) is 3. The first-order valence-corrected chi connectivity index (χ1v) is 4.67. The topological polar surface area (TPSA) is 53.8 Å². The average molecular weight is 210 g/mol. The Hall–Kier alpha value is -1.11. The summed E-state index contributed by atoms with van der Waals surface area (Å²) in [6, 6.07) is 3.56. The summed E-state index contributed by atoms with van der Waals surface area (Å²) >= 11 is 0. The molecule has 0 saturated heterocycles. The zero-order valence-corrected chi connectivity index (χ0v) is 7.02. The highest BCUT2D eigenvalue weighted by molar-refractivity contribution is 7.93. The molecular weight excluding hydrogens is 205 g/mol. The smallest absolute Gasteiger partial charge is 0.246 e. The van der Waals surface area contributed by atoms with E-state index in [1.54, 1.807) is 0 Å². The molecule has 7 heteroatoms. The molecule has 0 aromatic carbocycles. The van der Waals surface area contributed by atoms with Crippen LogP contribution >= 0.6 is 0 Å². The van der Waals surface area contributed by atoms with E-state index in [-0.39, 0.29) is 0 Å². The number of nitrogens with zero attached hydrogens (tertiary/aromatic N) is 1. The van der Waals surface area contributed by atoms with E-state index in [1.807, 2.05) is 0 Å². The van der Waals surface area contributed by atoms with Gasteiger partial charge in [-0.25, -0.2) is 14.0 Å². The van der Waals surface area contributed by atoms with Crippen LogP contribution in [-0.4, -0.2) is 14.7 Å². The summed E-state index contributed by atoms with van der Waals surface area (Å²) in [5.41, 5.74) is -5.07. The number of nitrogens with one attached hydrogen (secondary N) is 1. The lowest BCUT2D eigenvalue weighted by Gasteiger charge is -2.09. The Morgan fingerprint density at radius 2 is 2.00 bits per heavy atom. The molecule has 1 atom stereocenters. The van der Waals surface area contributed by atoms with Crippen LogP contribution < -0.4 is 0 Å². The van der Waals surface area contributed by atoms with E-state index in [1.165, 1.54) is 12.1 Å². The zero-order valence-electron chi connectivity index (χ0n) is 6.21. The lowest BCUT2D eigenvalue weighted by Crippen LogP contribution is -2.22. The molecule has 72 valence electrons. The molecule has 0 bridgehead atoms. The minimum Gasteiger partial charge on any atom is -0.246 e. The van der Waals surface area contributed by atoms with Gasteiger partial charge in [0.25, 0.3) is 0 Å². The predicted molar refractivity (Wildman–Crippen MR) is 39.4 cm³/mol. The molecule has 0 spiro atoms. The maximum Gasteiger partial charge on any atom is 0.484 e. The number of alkyl halides is 3. The largest absolute Gasteiger partial charge is 0.484 e. The summed E-state index contributed by atoms with van der Waals surface area (Å²) in [4.78, 5) is 3.23. The van der Waals surface area contributed by atoms with Crippen LogP contribution in [0.5, 0.6) is 0 Å². The molecule has 1 aromatic heterocycles. The van der Waals surface area contributed by atoms with Crippen molar-refractivity contribution in [3.8, 4) is 0 Å². The summed E-state index contributed by atoms with van der Waals surface area (Å²) in [6.45, 7) is 0. The first kappa shape index (κ1) is 9.97. The fourth-order valence-corrected chi connectivity index (χ4v) is 1.35. The molecule has 3 nitrogen and oxygen atoms in total. The highest BCUT2D eigenvalue weighted by atomic mass is 32.2. The van der Waals surface area contributed by atoms with Crippen molar-refractivity contribution in [1.29, 1.82) is 4.78 Å². The second kappa shape index (κ2) is 2.99. The molecule has 1 unspecified atom stereocenters. The summed E-state index contributed by atoms with van der Waals surface area (Å²) in [5.74, 6) is 0.